The van der Waals surface area contributed by atoms with E-state index in [1.807, 2.05) is 42.5 Å². The van der Waals surface area contributed by atoms with Gasteiger partial charge in [0.25, 0.3) is 0 Å². The second kappa shape index (κ2) is 22.1. The fraction of sp³-hybridized carbons (Fsp3) is 0.545. The first-order valence-corrected chi connectivity index (χ1v) is 16.2. The first-order chi connectivity index (χ1) is 17.3. The average molecular weight is 553 g/mol. The van der Waals surface area contributed by atoms with E-state index in [0.29, 0.717) is 0 Å². The molecule has 0 unspecified atom stereocenters. The molecule has 0 heterocycles. The molecule has 2 aromatic carbocycles. The Morgan fingerprint density at radius 3 is 1.69 bits per heavy atom. The summed E-state index contributed by atoms with van der Waals surface area (Å²) in [7, 11) is -0.109. The third kappa shape index (κ3) is 14.1. The third-order valence-corrected chi connectivity index (χ3v) is 11.6. The SMILES string of the molecule is C=Cc1ccccc1.CCc1ccccc1.[CH2-]CCNCC[PH+](C1CCCCC1)C1CCCCC1.[NiH]. The maximum absolute atomic E-state index is 3.93. The van der Waals surface area contributed by atoms with E-state index < -0.39 is 0 Å². The second-order valence-electron chi connectivity index (χ2n) is 10.1. The molecule has 36 heavy (non-hydrogen) atoms. The Balaban J connectivity index is 0.000000315. The number of benzene rings is 2. The summed E-state index contributed by atoms with van der Waals surface area (Å²) in [6.45, 7) is 12.1. The molecule has 205 valence electrons. The second-order valence-corrected chi connectivity index (χ2v) is 13.3. The normalized spacial score (nSPS) is 16.1. The number of nitrogens with one attached hydrogen (secondary N) is 1. The third-order valence-electron chi connectivity index (χ3n) is 7.49. The predicted octanol–water partition coefficient (Wildman–Crippen LogP) is 8.99. The molecule has 0 saturated heterocycles. The summed E-state index contributed by atoms with van der Waals surface area (Å²) in [5, 5.41) is 3.61. The van der Waals surface area contributed by atoms with Gasteiger partial charge in [-0.3, -0.25) is 0 Å². The van der Waals surface area contributed by atoms with Crippen molar-refractivity contribution in [3.8, 4) is 0 Å². The van der Waals surface area contributed by atoms with Crippen LogP contribution in [0.25, 0.3) is 6.08 Å². The Labute approximate surface area is 235 Å². The Hall–Kier alpha value is -0.936. The van der Waals surface area contributed by atoms with Crippen molar-refractivity contribution in [2.45, 2.75) is 95.3 Å². The number of rotatable bonds is 9. The molecule has 0 amide bonds. The summed E-state index contributed by atoms with van der Waals surface area (Å²) in [5.74, 6) is 0. The van der Waals surface area contributed by atoms with Crippen LogP contribution in [0.3, 0.4) is 0 Å². The monoisotopic (exact) mass is 552 g/mol. The van der Waals surface area contributed by atoms with Crippen molar-refractivity contribution in [1.29, 1.82) is 0 Å². The van der Waals surface area contributed by atoms with Crippen LogP contribution in [0.1, 0.15) is 88.7 Å². The van der Waals surface area contributed by atoms with Gasteiger partial charge in [0.15, 0.2) is 0 Å². The van der Waals surface area contributed by atoms with E-state index in [-0.39, 0.29) is 24.4 Å². The Morgan fingerprint density at radius 2 is 1.31 bits per heavy atom. The van der Waals surface area contributed by atoms with E-state index in [2.05, 4.69) is 50.0 Å². The first-order valence-electron chi connectivity index (χ1n) is 14.3. The van der Waals surface area contributed by atoms with Gasteiger partial charge in [0.2, 0.25) is 0 Å². The van der Waals surface area contributed by atoms with Crippen LogP contribution in [0.15, 0.2) is 67.2 Å². The van der Waals surface area contributed by atoms with Gasteiger partial charge in [-0.25, -0.2) is 0 Å². The van der Waals surface area contributed by atoms with Crippen LogP contribution < -0.4 is 5.32 Å². The molecule has 2 aromatic rings. The van der Waals surface area contributed by atoms with Crippen molar-refractivity contribution in [3.05, 3.63) is 85.3 Å². The molecule has 1 N–H and O–H groups in total. The average Bonchev–Trinajstić information content (AvgIpc) is 2.95. The van der Waals surface area contributed by atoms with Crippen LogP contribution in [0.4, 0.5) is 0 Å². The van der Waals surface area contributed by atoms with Gasteiger partial charge in [-0.15, -0.1) is 0 Å². The maximum atomic E-state index is 3.93. The number of hydrogen-bond donors (Lipinski definition) is 1. The number of aryl methyl sites for hydroxylation is 1. The van der Waals surface area contributed by atoms with Crippen LogP contribution in [0.2, 0.25) is 0 Å². The van der Waals surface area contributed by atoms with Gasteiger partial charge in [-0.1, -0.05) is 93.1 Å². The molecule has 4 rings (SSSR count). The summed E-state index contributed by atoms with van der Waals surface area (Å²) in [6.07, 6.45) is 20.9. The summed E-state index contributed by atoms with van der Waals surface area (Å²) in [6, 6.07) is 20.5. The Bertz CT molecular complexity index is 721. The molecular weight excluding hydrogens is 500 g/mol. The first kappa shape index (κ1) is 33.1. The van der Waals surface area contributed by atoms with Crippen LogP contribution in [-0.4, -0.2) is 30.6 Å². The molecule has 2 saturated carbocycles. The zero-order chi connectivity index (χ0) is 25.0. The van der Waals surface area contributed by atoms with E-state index >= 15 is 0 Å². The van der Waals surface area contributed by atoms with Gasteiger partial charge in [-0.2, -0.15) is 6.42 Å². The van der Waals surface area contributed by atoms with E-state index in [1.54, 1.807) is 25.7 Å². The van der Waals surface area contributed by atoms with Crippen LogP contribution in [-0.2, 0) is 22.9 Å². The summed E-state index contributed by atoms with van der Waals surface area (Å²) < 4.78 is 0. The van der Waals surface area contributed by atoms with E-state index in [4.69, 9.17) is 0 Å². The molecule has 0 spiro atoms. The molecule has 0 aliphatic heterocycles. The molecule has 0 radical (unpaired) electrons. The topological polar surface area (TPSA) is 12.0 Å². The van der Waals surface area contributed by atoms with E-state index in [1.165, 1.54) is 62.4 Å². The molecule has 3 heteroatoms. The van der Waals surface area contributed by atoms with Crippen molar-refractivity contribution < 1.29 is 16.5 Å². The molecule has 2 aliphatic carbocycles. The van der Waals surface area contributed by atoms with Gasteiger partial charge < -0.3 is 12.2 Å². The quantitative estimate of drug-likeness (QED) is 0.141. The van der Waals surface area contributed by atoms with Crippen molar-refractivity contribution >= 4 is 14.0 Å². The molecule has 2 aliphatic rings. The van der Waals surface area contributed by atoms with Gasteiger partial charge in [0.1, 0.15) is 0 Å². The Kier molecular flexibility index (Phi) is 20.3. The van der Waals surface area contributed by atoms with Crippen LogP contribution >= 0.6 is 7.92 Å². The molecule has 0 atom stereocenters. The van der Waals surface area contributed by atoms with E-state index in [9.17, 15) is 0 Å². The minimum absolute atomic E-state index is 0. The van der Waals surface area contributed by atoms with Crippen LogP contribution in [0.5, 0.6) is 0 Å². The van der Waals surface area contributed by atoms with E-state index in [0.717, 1.165) is 30.7 Å². The molecule has 2 fully saturated rings. The van der Waals surface area contributed by atoms with Crippen molar-refractivity contribution in [2.24, 2.45) is 0 Å². The standard InChI is InChI=1S/C17H33NP.C8H10.C8H8.Ni.H/c1-2-13-18-14-15-19(16-9-5-3-6-10-16)17-11-7-4-8-12-17;2*1-2-8-6-4-3-5-7-8;;/h16-18H,1-15H2;3-7H,2H2,1H3;2-7H,1H2;;/q-1;;;;/p+1. The van der Waals surface area contributed by atoms with Gasteiger partial charge in [-0.05, 0) is 75.5 Å². The van der Waals surface area contributed by atoms with Crippen molar-refractivity contribution in [2.75, 3.05) is 19.3 Å². The summed E-state index contributed by atoms with van der Waals surface area (Å²) in [4.78, 5) is 0. The van der Waals surface area contributed by atoms with Crippen molar-refractivity contribution in [1.82, 2.24) is 5.32 Å². The summed E-state index contributed by atoms with van der Waals surface area (Å²) in [5.41, 5.74) is 4.90. The fourth-order valence-corrected chi connectivity index (χ4v) is 9.72. The zero-order valence-corrected chi connectivity index (χ0v) is 24.9. The minimum atomic E-state index is -0.109. The molecule has 0 aromatic heterocycles. The van der Waals surface area contributed by atoms with Crippen molar-refractivity contribution in [3.63, 3.8) is 0 Å². The molecular formula is C33H53NNiP. The molecule has 0 bridgehead atoms. The Morgan fingerprint density at radius 1 is 0.806 bits per heavy atom. The summed E-state index contributed by atoms with van der Waals surface area (Å²) >= 11 is 0. The zero-order valence-electron chi connectivity index (χ0n) is 22.9. The van der Waals surface area contributed by atoms with Crippen LogP contribution in [0, 0.1) is 6.92 Å². The fourth-order valence-electron chi connectivity index (χ4n) is 5.47. The van der Waals surface area contributed by atoms with Gasteiger partial charge >= 0.3 is 16.5 Å². The number of hydrogen-bond acceptors (Lipinski definition) is 1. The van der Waals surface area contributed by atoms with Gasteiger partial charge in [0.05, 0.1) is 17.5 Å². The predicted molar refractivity (Wildman–Crippen MR) is 164 cm³/mol. The molecule has 1 nitrogen and oxygen atoms in total. The van der Waals surface area contributed by atoms with Gasteiger partial charge in [0, 0.05) is 14.5 Å².